The zero-order chi connectivity index (χ0) is 25.8. The van der Waals surface area contributed by atoms with E-state index in [-0.39, 0.29) is 23.3 Å². The van der Waals surface area contributed by atoms with Gasteiger partial charge in [-0.1, -0.05) is 0 Å². The number of aliphatic carboxylic acids is 2. The Morgan fingerprint density at radius 2 is 1.63 bits per heavy atom. The standard InChI is InChI=1S/C21H24FNO2S2.C4H4O4/c1-15(24)19-7-8-20(27-19)26-14-2-11-23-12-9-17(10-13-23)21(25)16-3-5-18(22)6-4-16;5-3(6)1-2-4(7)8/h3-8,17H,2,9-14H2,1H3;1-2H,(H,5,6)(H,7,8). The number of nitrogens with zero attached hydrogens (tertiary/aromatic N) is 1. The maximum Gasteiger partial charge on any atom is 0.328 e. The van der Waals surface area contributed by atoms with Crippen LogP contribution in [-0.2, 0) is 9.59 Å². The van der Waals surface area contributed by atoms with Gasteiger partial charge in [0.05, 0.1) is 9.09 Å². The number of halogens is 1. The minimum absolute atomic E-state index is 0.0530. The van der Waals surface area contributed by atoms with Gasteiger partial charge in [0.25, 0.3) is 0 Å². The van der Waals surface area contributed by atoms with Crippen LogP contribution in [0.4, 0.5) is 4.39 Å². The van der Waals surface area contributed by atoms with Gasteiger partial charge in [0.1, 0.15) is 5.82 Å². The minimum atomic E-state index is -1.26. The van der Waals surface area contributed by atoms with E-state index in [0.717, 1.165) is 49.5 Å². The number of likely N-dealkylation sites (tertiary alicyclic amines) is 1. The van der Waals surface area contributed by atoms with Gasteiger partial charge in [0.15, 0.2) is 11.6 Å². The third kappa shape index (κ3) is 10.5. The molecule has 188 valence electrons. The van der Waals surface area contributed by atoms with Crippen LogP contribution in [0.1, 0.15) is 46.2 Å². The van der Waals surface area contributed by atoms with Crippen molar-refractivity contribution < 1.29 is 33.8 Å². The van der Waals surface area contributed by atoms with Gasteiger partial charge < -0.3 is 15.1 Å². The maximum atomic E-state index is 13.0. The van der Waals surface area contributed by atoms with Crippen LogP contribution < -0.4 is 0 Å². The van der Waals surface area contributed by atoms with Crippen LogP contribution in [0.3, 0.4) is 0 Å². The van der Waals surface area contributed by atoms with E-state index in [4.69, 9.17) is 10.2 Å². The van der Waals surface area contributed by atoms with Crippen LogP contribution in [0.15, 0.2) is 52.8 Å². The highest BCUT2D eigenvalue weighted by atomic mass is 32.2. The summed E-state index contributed by atoms with van der Waals surface area (Å²) in [5, 5.41) is 15.6. The summed E-state index contributed by atoms with van der Waals surface area (Å²) >= 11 is 3.37. The fourth-order valence-electron chi connectivity index (χ4n) is 3.46. The van der Waals surface area contributed by atoms with Crippen LogP contribution in [0.5, 0.6) is 0 Å². The molecule has 2 heterocycles. The van der Waals surface area contributed by atoms with Gasteiger partial charge in [-0.3, -0.25) is 9.59 Å². The van der Waals surface area contributed by atoms with Gasteiger partial charge in [-0.2, -0.15) is 0 Å². The lowest BCUT2D eigenvalue weighted by atomic mass is 9.89. The van der Waals surface area contributed by atoms with Crippen molar-refractivity contribution in [2.75, 3.05) is 25.4 Å². The second-order valence-corrected chi connectivity index (χ2v) is 10.4. The SMILES string of the molecule is CC(=O)c1ccc(SCCCN2CCC(C(=O)c3ccc(F)cc3)CC2)s1.O=C(O)C=CC(=O)O. The van der Waals surface area contributed by atoms with Crippen molar-refractivity contribution in [1.29, 1.82) is 0 Å². The first-order valence-electron chi connectivity index (χ1n) is 11.1. The topological polar surface area (TPSA) is 112 Å². The number of hydrogen-bond donors (Lipinski definition) is 2. The fraction of sp³-hybridized carbons (Fsp3) is 0.360. The summed E-state index contributed by atoms with van der Waals surface area (Å²) in [6, 6.07) is 9.81. The Morgan fingerprint density at radius 1 is 1.03 bits per heavy atom. The summed E-state index contributed by atoms with van der Waals surface area (Å²) in [4.78, 5) is 46.2. The molecule has 0 radical (unpaired) electrons. The first-order valence-corrected chi connectivity index (χ1v) is 12.9. The Kier molecular flexibility index (Phi) is 11.8. The van der Waals surface area contributed by atoms with Crippen molar-refractivity contribution in [2.45, 2.75) is 30.4 Å². The number of carbonyl (C=O) groups is 4. The third-order valence-electron chi connectivity index (χ3n) is 5.25. The van der Waals surface area contributed by atoms with E-state index in [1.54, 1.807) is 42.2 Å². The number of thioether (sulfide) groups is 1. The van der Waals surface area contributed by atoms with Crippen molar-refractivity contribution in [3.05, 3.63) is 64.8 Å². The molecule has 1 aromatic heterocycles. The molecule has 2 N–H and O–H groups in total. The monoisotopic (exact) mass is 521 g/mol. The number of ketones is 2. The molecule has 0 spiro atoms. The lowest BCUT2D eigenvalue weighted by Crippen LogP contribution is -2.37. The average Bonchev–Trinajstić information content (AvgIpc) is 3.31. The van der Waals surface area contributed by atoms with E-state index in [0.29, 0.717) is 17.7 Å². The smallest absolute Gasteiger partial charge is 0.328 e. The fourth-order valence-corrected chi connectivity index (χ4v) is 5.49. The molecule has 0 unspecified atom stereocenters. The quantitative estimate of drug-likeness (QED) is 0.197. The first kappa shape index (κ1) is 28.4. The second-order valence-electron chi connectivity index (χ2n) is 7.87. The highest BCUT2D eigenvalue weighted by molar-refractivity contribution is 8.01. The lowest BCUT2D eigenvalue weighted by molar-refractivity contribution is -0.134. The molecule has 1 aromatic carbocycles. The summed E-state index contributed by atoms with van der Waals surface area (Å²) in [5.41, 5.74) is 0.618. The van der Waals surface area contributed by atoms with Crippen LogP contribution in [0, 0.1) is 11.7 Å². The molecule has 0 amide bonds. The van der Waals surface area contributed by atoms with E-state index < -0.39 is 11.9 Å². The summed E-state index contributed by atoms with van der Waals surface area (Å²) in [7, 11) is 0. The van der Waals surface area contributed by atoms with Crippen LogP contribution in [0.25, 0.3) is 0 Å². The third-order valence-corrected chi connectivity index (χ3v) is 7.74. The number of Topliss-reactive ketones (excluding diaryl/α,β-unsaturated/α-hetero) is 2. The molecule has 0 saturated carbocycles. The molecule has 0 atom stereocenters. The minimum Gasteiger partial charge on any atom is -0.478 e. The Morgan fingerprint density at radius 3 is 2.14 bits per heavy atom. The van der Waals surface area contributed by atoms with Gasteiger partial charge in [0, 0.05) is 29.4 Å². The van der Waals surface area contributed by atoms with E-state index in [1.807, 2.05) is 12.1 Å². The van der Waals surface area contributed by atoms with Crippen molar-refractivity contribution in [2.24, 2.45) is 5.92 Å². The highest BCUT2D eigenvalue weighted by Gasteiger charge is 2.25. The van der Waals surface area contributed by atoms with E-state index in [1.165, 1.54) is 16.3 Å². The normalized spacial score (nSPS) is 14.3. The zero-order valence-electron chi connectivity index (χ0n) is 19.3. The van der Waals surface area contributed by atoms with Crippen molar-refractivity contribution in [1.82, 2.24) is 4.90 Å². The van der Waals surface area contributed by atoms with Gasteiger partial charge >= 0.3 is 11.9 Å². The molecule has 0 aliphatic carbocycles. The Bertz CT molecular complexity index is 1030. The number of carbonyl (C=O) groups excluding carboxylic acids is 2. The molecule has 1 fully saturated rings. The molecule has 1 saturated heterocycles. The average molecular weight is 522 g/mol. The van der Waals surface area contributed by atoms with Gasteiger partial charge in [-0.25, -0.2) is 14.0 Å². The first-order chi connectivity index (χ1) is 16.7. The summed E-state index contributed by atoms with van der Waals surface area (Å²) in [6.45, 7) is 4.52. The molecule has 1 aliphatic rings. The number of piperidine rings is 1. The largest absolute Gasteiger partial charge is 0.478 e. The molecule has 3 rings (SSSR count). The predicted octanol–water partition coefficient (Wildman–Crippen LogP) is 4.88. The highest BCUT2D eigenvalue weighted by Crippen LogP contribution is 2.28. The lowest BCUT2D eigenvalue weighted by Gasteiger charge is -2.31. The molecule has 10 heteroatoms. The number of hydrogen-bond acceptors (Lipinski definition) is 7. The Balaban J connectivity index is 0.000000466. The predicted molar refractivity (Wildman–Crippen MR) is 134 cm³/mol. The number of carboxylic acids is 2. The zero-order valence-corrected chi connectivity index (χ0v) is 20.9. The molecule has 1 aliphatic heterocycles. The van der Waals surface area contributed by atoms with Crippen molar-refractivity contribution >= 4 is 46.6 Å². The molecule has 7 nitrogen and oxygen atoms in total. The molecule has 35 heavy (non-hydrogen) atoms. The van der Waals surface area contributed by atoms with E-state index in [9.17, 15) is 23.6 Å². The molecular formula is C25H28FNO6S2. The number of rotatable bonds is 10. The maximum absolute atomic E-state index is 13.0. The number of benzene rings is 1. The number of thiophene rings is 1. The number of carboxylic acid groups (broad SMARTS) is 2. The molecule has 0 bridgehead atoms. The van der Waals surface area contributed by atoms with Crippen LogP contribution in [0.2, 0.25) is 0 Å². The van der Waals surface area contributed by atoms with Crippen LogP contribution >= 0.6 is 23.1 Å². The Hall–Kier alpha value is -2.82. The summed E-state index contributed by atoms with van der Waals surface area (Å²) < 4.78 is 14.2. The Labute approximate surface area is 211 Å². The van der Waals surface area contributed by atoms with E-state index in [2.05, 4.69) is 4.90 Å². The summed E-state index contributed by atoms with van der Waals surface area (Å²) in [5.74, 6) is -1.46. The van der Waals surface area contributed by atoms with Crippen molar-refractivity contribution in [3.63, 3.8) is 0 Å². The van der Waals surface area contributed by atoms with Crippen LogP contribution in [-0.4, -0.2) is 64.0 Å². The van der Waals surface area contributed by atoms with Gasteiger partial charge in [-0.15, -0.1) is 23.1 Å². The molecular weight excluding hydrogens is 493 g/mol. The molecule has 2 aromatic rings. The second kappa shape index (κ2) is 14.6. The summed E-state index contributed by atoms with van der Waals surface area (Å²) in [6.07, 6.45) is 3.95. The van der Waals surface area contributed by atoms with Gasteiger partial charge in [0.2, 0.25) is 0 Å². The van der Waals surface area contributed by atoms with E-state index >= 15 is 0 Å². The van der Waals surface area contributed by atoms with Crippen molar-refractivity contribution in [3.8, 4) is 0 Å². The van der Waals surface area contributed by atoms with Gasteiger partial charge in [-0.05, 0) is 82.2 Å².